The summed E-state index contributed by atoms with van der Waals surface area (Å²) in [4.78, 5) is 0. The molecule has 1 aromatic heterocycles. The van der Waals surface area contributed by atoms with Crippen molar-refractivity contribution in [2.75, 3.05) is 13.1 Å². The lowest BCUT2D eigenvalue weighted by Gasteiger charge is -2.30. The highest BCUT2D eigenvalue weighted by molar-refractivity contribution is 5.82. The third-order valence-corrected chi connectivity index (χ3v) is 3.79. The fraction of sp³-hybridized carbons (Fsp3) is 0.333. The minimum atomic E-state index is -2.37. The van der Waals surface area contributed by atoms with Gasteiger partial charge in [-0.3, -0.25) is 5.73 Å². The maximum Gasteiger partial charge on any atom is 0.216 e. The number of halogens is 1. The molecule has 5 nitrogen and oxygen atoms in total. The van der Waals surface area contributed by atoms with Crippen molar-refractivity contribution in [3.05, 3.63) is 47.8 Å². The normalized spacial score (nSPS) is 29.0. The molecule has 1 aromatic rings. The molecule has 3 rings (SSSR count). The first-order chi connectivity index (χ1) is 10.1. The van der Waals surface area contributed by atoms with E-state index in [4.69, 9.17) is 5.73 Å². The molecule has 2 atom stereocenters. The summed E-state index contributed by atoms with van der Waals surface area (Å²) in [5.41, 5.74) is 8.10. The van der Waals surface area contributed by atoms with E-state index in [1.165, 1.54) is 6.08 Å². The largest absolute Gasteiger partial charge is 0.384 e. The van der Waals surface area contributed by atoms with Crippen LogP contribution in [-0.2, 0) is 0 Å². The molecule has 0 bridgehead atoms. The molecule has 0 saturated carbocycles. The van der Waals surface area contributed by atoms with Gasteiger partial charge in [0.05, 0.1) is 6.20 Å². The number of alkyl halides is 1. The van der Waals surface area contributed by atoms with Crippen molar-refractivity contribution in [1.29, 1.82) is 0 Å². The van der Waals surface area contributed by atoms with Crippen molar-refractivity contribution in [3.63, 3.8) is 0 Å². The highest BCUT2D eigenvalue weighted by Crippen LogP contribution is 2.36. The zero-order chi connectivity index (χ0) is 14.9. The highest BCUT2D eigenvalue weighted by atomic mass is 19.1. The second-order valence-corrected chi connectivity index (χ2v) is 5.16. The zero-order valence-corrected chi connectivity index (χ0v) is 11.5. The third kappa shape index (κ3) is 2.53. The van der Waals surface area contributed by atoms with E-state index in [1.54, 1.807) is 24.4 Å². The maximum absolute atomic E-state index is 14.7. The molecule has 2 heterocycles. The van der Waals surface area contributed by atoms with E-state index in [0.717, 1.165) is 30.6 Å². The van der Waals surface area contributed by atoms with Gasteiger partial charge >= 0.3 is 0 Å². The Balaban J connectivity index is 2.09. The number of aromatic nitrogens is 2. The number of allylic oxidation sites excluding steroid dienone is 2. The third-order valence-electron chi connectivity index (χ3n) is 3.79. The van der Waals surface area contributed by atoms with E-state index in [2.05, 4.69) is 21.6 Å². The number of hydrogen-bond acceptors (Lipinski definition) is 5. The van der Waals surface area contributed by atoms with Crippen LogP contribution in [0, 0.1) is 0 Å². The van der Waals surface area contributed by atoms with Gasteiger partial charge in [0.2, 0.25) is 5.79 Å². The second kappa shape index (κ2) is 5.48. The smallest absolute Gasteiger partial charge is 0.216 e. The van der Waals surface area contributed by atoms with Crippen LogP contribution in [0.15, 0.2) is 36.6 Å². The molecule has 6 heteroatoms. The molecule has 1 aliphatic heterocycles. The molecule has 2 aliphatic rings. The number of hydrogen-bond donors (Lipinski definition) is 3. The fourth-order valence-corrected chi connectivity index (χ4v) is 2.60. The number of nitrogens with two attached hydrogens (primary N) is 1. The Morgan fingerprint density at radius 3 is 3.10 bits per heavy atom. The fourth-order valence-electron chi connectivity index (χ4n) is 2.60. The minimum absolute atomic E-state index is 0.153. The first kappa shape index (κ1) is 14.1. The summed E-state index contributed by atoms with van der Waals surface area (Å²) in [7, 11) is 0. The van der Waals surface area contributed by atoms with Gasteiger partial charge in [0, 0.05) is 17.7 Å². The molecule has 2 unspecified atom stereocenters. The lowest BCUT2D eigenvalue weighted by Crippen LogP contribution is -2.48. The SMILES string of the molecule is NC1(F)C(c2nnccc2C2=CCNCC2)=CC=CC1O. The Kier molecular flexibility index (Phi) is 3.67. The molecule has 1 aliphatic carbocycles. The molecule has 0 aromatic carbocycles. The van der Waals surface area contributed by atoms with Crippen LogP contribution in [0.2, 0.25) is 0 Å². The molecule has 0 fully saturated rings. The van der Waals surface area contributed by atoms with Crippen LogP contribution < -0.4 is 11.1 Å². The Labute approximate surface area is 122 Å². The van der Waals surface area contributed by atoms with Crippen LogP contribution in [0.25, 0.3) is 11.1 Å². The van der Waals surface area contributed by atoms with Crippen molar-refractivity contribution in [2.45, 2.75) is 18.3 Å². The predicted octanol–water partition coefficient (Wildman–Crippen LogP) is 0.792. The predicted molar refractivity (Wildman–Crippen MR) is 78.6 cm³/mol. The minimum Gasteiger partial charge on any atom is -0.384 e. The van der Waals surface area contributed by atoms with Gasteiger partial charge in [0.15, 0.2) is 0 Å². The van der Waals surface area contributed by atoms with Gasteiger partial charge in [0.25, 0.3) is 0 Å². The van der Waals surface area contributed by atoms with Gasteiger partial charge in [0.1, 0.15) is 11.8 Å². The number of nitrogens with zero attached hydrogens (tertiary/aromatic N) is 2. The lowest BCUT2D eigenvalue weighted by molar-refractivity contribution is 0.0696. The average Bonchev–Trinajstić information content (AvgIpc) is 2.51. The molecule has 0 spiro atoms. The van der Waals surface area contributed by atoms with Crippen molar-refractivity contribution in [3.8, 4) is 0 Å². The number of aliphatic hydroxyl groups is 1. The highest BCUT2D eigenvalue weighted by Gasteiger charge is 2.40. The second-order valence-electron chi connectivity index (χ2n) is 5.16. The maximum atomic E-state index is 14.7. The van der Waals surface area contributed by atoms with Crippen LogP contribution >= 0.6 is 0 Å². The number of aliphatic hydroxyl groups excluding tert-OH is 1. The quantitative estimate of drug-likeness (QED) is 0.701. The summed E-state index contributed by atoms with van der Waals surface area (Å²) in [6.45, 7) is 1.63. The van der Waals surface area contributed by atoms with Crippen LogP contribution in [0.5, 0.6) is 0 Å². The standard InChI is InChI=1S/C15H17FN4O/c16-15(17)12(2-1-3-13(15)21)14-11(6-9-19-20-14)10-4-7-18-8-5-10/h1-4,6,9,13,18,21H,5,7-8,17H2. The van der Waals surface area contributed by atoms with E-state index in [9.17, 15) is 9.50 Å². The molecule has 0 amide bonds. The van der Waals surface area contributed by atoms with Crippen molar-refractivity contribution >= 4 is 11.1 Å². The van der Waals surface area contributed by atoms with E-state index in [-0.39, 0.29) is 5.57 Å². The molecule has 4 N–H and O–H groups in total. The Bertz CT molecular complexity index is 636. The lowest BCUT2D eigenvalue weighted by atomic mass is 9.87. The monoisotopic (exact) mass is 288 g/mol. The molecule has 21 heavy (non-hydrogen) atoms. The Morgan fingerprint density at radius 1 is 1.48 bits per heavy atom. The van der Waals surface area contributed by atoms with Crippen LogP contribution in [0.4, 0.5) is 4.39 Å². The average molecular weight is 288 g/mol. The summed E-state index contributed by atoms with van der Waals surface area (Å²) in [6, 6.07) is 1.81. The molecular weight excluding hydrogens is 271 g/mol. The Morgan fingerprint density at radius 2 is 2.33 bits per heavy atom. The van der Waals surface area contributed by atoms with E-state index < -0.39 is 11.9 Å². The van der Waals surface area contributed by atoms with Gasteiger partial charge in [-0.05, 0) is 24.6 Å². The molecule has 0 radical (unpaired) electrons. The van der Waals surface area contributed by atoms with Crippen molar-refractivity contribution < 1.29 is 9.50 Å². The number of nitrogens with one attached hydrogen (secondary N) is 1. The Hall–Kier alpha value is -1.89. The van der Waals surface area contributed by atoms with Crippen molar-refractivity contribution in [2.24, 2.45) is 5.73 Å². The molecular formula is C15H17FN4O. The summed E-state index contributed by atoms with van der Waals surface area (Å²) >= 11 is 0. The molecule has 110 valence electrons. The van der Waals surface area contributed by atoms with Gasteiger partial charge in [-0.25, -0.2) is 4.39 Å². The van der Waals surface area contributed by atoms with Gasteiger partial charge < -0.3 is 10.4 Å². The summed E-state index contributed by atoms with van der Waals surface area (Å²) in [5.74, 6) is -2.37. The summed E-state index contributed by atoms with van der Waals surface area (Å²) < 4.78 is 14.7. The van der Waals surface area contributed by atoms with Crippen LogP contribution in [0.3, 0.4) is 0 Å². The zero-order valence-electron chi connectivity index (χ0n) is 11.5. The number of rotatable bonds is 2. The van der Waals surface area contributed by atoms with Gasteiger partial charge in [-0.15, -0.1) is 0 Å². The first-order valence-electron chi connectivity index (χ1n) is 6.87. The van der Waals surface area contributed by atoms with Crippen LogP contribution in [0.1, 0.15) is 17.7 Å². The summed E-state index contributed by atoms with van der Waals surface area (Å²) in [5, 5.41) is 20.9. The van der Waals surface area contributed by atoms with Gasteiger partial charge in [-0.2, -0.15) is 10.2 Å². The first-order valence-corrected chi connectivity index (χ1v) is 6.87. The van der Waals surface area contributed by atoms with E-state index >= 15 is 0 Å². The van der Waals surface area contributed by atoms with E-state index in [0.29, 0.717) is 5.69 Å². The topological polar surface area (TPSA) is 84.1 Å². The van der Waals surface area contributed by atoms with Gasteiger partial charge in [-0.1, -0.05) is 24.3 Å². The van der Waals surface area contributed by atoms with E-state index in [1.807, 2.05) is 0 Å². The van der Waals surface area contributed by atoms with Crippen molar-refractivity contribution in [1.82, 2.24) is 15.5 Å². The van der Waals surface area contributed by atoms with Crippen LogP contribution in [-0.4, -0.2) is 40.3 Å². The molecule has 0 saturated heterocycles. The summed E-state index contributed by atoms with van der Waals surface area (Å²) in [6.07, 6.45) is 7.51.